The van der Waals surface area contributed by atoms with Crippen molar-refractivity contribution in [1.82, 2.24) is 0 Å². The van der Waals surface area contributed by atoms with E-state index in [1.165, 1.54) is 20.5 Å². The van der Waals surface area contributed by atoms with Crippen molar-refractivity contribution >= 4 is 18.1 Å². The van der Waals surface area contributed by atoms with Gasteiger partial charge in [-0.05, 0) is 27.2 Å². The van der Waals surface area contributed by atoms with Gasteiger partial charge in [-0.15, -0.1) is 0 Å². The van der Waals surface area contributed by atoms with Crippen LogP contribution in [-0.4, -0.2) is 69.4 Å². The molecule has 0 amide bonds. The smallest absolute Gasteiger partial charge is 0.462 e. The number of hydrogen-bond donors (Lipinski definition) is 0. The Kier molecular flexibility index (Phi) is 25.2. The molecule has 0 aromatic rings. The minimum Gasteiger partial charge on any atom is -0.462 e. The summed E-state index contributed by atoms with van der Waals surface area (Å²) in [6.45, 7) is 12.3. The lowest BCUT2D eigenvalue weighted by Gasteiger charge is -2.28. The van der Waals surface area contributed by atoms with E-state index in [9.17, 15) is 14.4 Å². The minimum absolute atomic E-state index is 0. The predicted octanol–water partition coefficient (Wildman–Crippen LogP) is 4.54. The van der Waals surface area contributed by atoms with Gasteiger partial charge >= 0.3 is 18.1 Å². The lowest BCUT2D eigenvalue weighted by atomic mass is 10.1. The molecule has 0 aliphatic carbocycles. The summed E-state index contributed by atoms with van der Waals surface area (Å²) in [5, 5.41) is 0. The fraction of sp³-hybridized carbons (Fsp3) is 0.864. The molecule has 31 heavy (non-hydrogen) atoms. The molecule has 0 fully saturated rings. The van der Waals surface area contributed by atoms with Gasteiger partial charge in [0.15, 0.2) is 5.60 Å². The maximum atomic E-state index is 12.0. The van der Waals surface area contributed by atoms with Gasteiger partial charge in [0.2, 0.25) is 0 Å². The van der Waals surface area contributed by atoms with Gasteiger partial charge in [0.1, 0.15) is 25.9 Å². The van der Waals surface area contributed by atoms with Gasteiger partial charge in [-0.1, -0.05) is 42.0 Å². The highest BCUT2D eigenvalue weighted by Crippen LogP contribution is 2.17. The second kappa shape index (κ2) is 21.4. The number of rotatable bonds is 12. The SMILES string of the molecule is C.C.CCC.CCC(COC(=O)OC(C)COC(C)=O)OC(C)(C)C(=O)OCCOC. The molecule has 9 heteroatoms. The van der Waals surface area contributed by atoms with E-state index in [0.717, 1.165) is 0 Å². The van der Waals surface area contributed by atoms with Crippen LogP contribution in [0.1, 0.15) is 76.2 Å². The van der Waals surface area contributed by atoms with E-state index in [1.54, 1.807) is 20.8 Å². The highest BCUT2D eigenvalue weighted by Gasteiger charge is 2.33. The second-order valence-electron chi connectivity index (χ2n) is 6.79. The molecule has 0 heterocycles. The molecule has 2 unspecified atom stereocenters. The monoisotopic (exact) mass is 454 g/mol. The molecule has 0 saturated heterocycles. The van der Waals surface area contributed by atoms with Gasteiger partial charge in [-0.2, -0.15) is 0 Å². The third-order valence-electron chi connectivity index (χ3n) is 3.13. The van der Waals surface area contributed by atoms with E-state index in [-0.39, 0.29) is 34.7 Å². The van der Waals surface area contributed by atoms with Crippen LogP contribution in [0, 0.1) is 0 Å². The van der Waals surface area contributed by atoms with Crippen LogP contribution in [-0.2, 0) is 38.0 Å². The summed E-state index contributed by atoms with van der Waals surface area (Å²) in [7, 11) is 1.51. The van der Waals surface area contributed by atoms with Crippen LogP contribution in [0.3, 0.4) is 0 Å². The molecule has 0 aliphatic rings. The number of ether oxygens (including phenoxy) is 6. The predicted molar refractivity (Wildman–Crippen MR) is 120 cm³/mol. The molecular weight excluding hydrogens is 408 g/mol. The molecular formula is C22H46O9. The van der Waals surface area contributed by atoms with Crippen LogP contribution >= 0.6 is 0 Å². The Bertz CT molecular complexity index is 464. The Labute approximate surface area is 189 Å². The summed E-state index contributed by atoms with van der Waals surface area (Å²) in [6, 6.07) is 0. The topological polar surface area (TPSA) is 107 Å². The molecule has 0 aromatic carbocycles. The molecule has 0 bridgehead atoms. The van der Waals surface area contributed by atoms with Gasteiger partial charge < -0.3 is 28.4 Å². The van der Waals surface area contributed by atoms with Crippen molar-refractivity contribution in [3.05, 3.63) is 0 Å². The molecule has 2 atom stereocenters. The maximum absolute atomic E-state index is 12.0. The summed E-state index contributed by atoms with van der Waals surface area (Å²) in [5.41, 5.74) is -1.20. The van der Waals surface area contributed by atoms with E-state index < -0.39 is 35.9 Å². The normalized spacial score (nSPS) is 11.9. The first-order valence-corrected chi connectivity index (χ1v) is 9.84. The van der Waals surface area contributed by atoms with E-state index >= 15 is 0 Å². The number of carbonyl (C=O) groups excluding carboxylic acids is 3. The van der Waals surface area contributed by atoms with Gasteiger partial charge in [0.05, 0.1) is 12.7 Å². The standard InChI is InChI=1S/C17H30O9.C3H8.2CH4/c1-7-14(26-17(4,5)15(19)22-9-8-21-6)11-24-16(20)25-12(2)10-23-13(3)18;1-3-2;;/h12,14H,7-11H2,1-6H3;3H2,1-2H3;2*1H4. The van der Waals surface area contributed by atoms with Crippen LogP contribution in [0.2, 0.25) is 0 Å². The maximum Gasteiger partial charge on any atom is 0.508 e. The summed E-state index contributed by atoms with van der Waals surface area (Å²) in [6.07, 6.45) is -0.312. The molecule has 9 nitrogen and oxygen atoms in total. The Hall–Kier alpha value is -1.87. The van der Waals surface area contributed by atoms with E-state index in [2.05, 4.69) is 13.8 Å². The quantitative estimate of drug-likeness (QED) is 0.238. The summed E-state index contributed by atoms with van der Waals surface area (Å²) in [5.74, 6) is -1.00. The van der Waals surface area contributed by atoms with Crippen molar-refractivity contribution in [3.63, 3.8) is 0 Å². The second-order valence-corrected chi connectivity index (χ2v) is 6.79. The van der Waals surface area contributed by atoms with Crippen LogP contribution in [0.25, 0.3) is 0 Å². The Balaban J connectivity index is -0.000000685. The Morgan fingerprint density at radius 2 is 1.45 bits per heavy atom. The third kappa shape index (κ3) is 21.2. The van der Waals surface area contributed by atoms with Crippen molar-refractivity contribution in [2.45, 2.75) is 94.0 Å². The molecule has 0 rings (SSSR count). The molecule has 0 N–H and O–H groups in total. The van der Waals surface area contributed by atoms with Gasteiger partial charge in [0, 0.05) is 14.0 Å². The Morgan fingerprint density at radius 3 is 1.90 bits per heavy atom. The van der Waals surface area contributed by atoms with Crippen molar-refractivity contribution in [2.24, 2.45) is 0 Å². The minimum atomic E-state index is -1.20. The Morgan fingerprint density at radius 1 is 0.903 bits per heavy atom. The van der Waals surface area contributed by atoms with Crippen molar-refractivity contribution in [2.75, 3.05) is 33.5 Å². The molecule has 0 saturated carbocycles. The molecule has 0 aliphatic heterocycles. The first kappa shape index (κ1) is 36.5. The van der Waals surface area contributed by atoms with Crippen LogP contribution in [0.5, 0.6) is 0 Å². The lowest BCUT2D eigenvalue weighted by Crippen LogP contribution is -2.42. The number of hydrogen-bond acceptors (Lipinski definition) is 9. The molecule has 0 radical (unpaired) electrons. The number of esters is 2. The molecule has 0 aromatic heterocycles. The van der Waals surface area contributed by atoms with Crippen molar-refractivity contribution < 1.29 is 42.8 Å². The molecule has 188 valence electrons. The zero-order valence-corrected chi connectivity index (χ0v) is 19.1. The van der Waals surface area contributed by atoms with E-state index in [4.69, 9.17) is 28.4 Å². The summed E-state index contributed by atoms with van der Waals surface area (Å²) >= 11 is 0. The van der Waals surface area contributed by atoms with Crippen molar-refractivity contribution in [1.29, 1.82) is 0 Å². The number of carbonyl (C=O) groups is 3. The van der Waals surface area contributed by atoms with Crippen LogP contribution in [0.4, 0.5) is 4.79 Å². The fourth-order valence-electron chi connectivity index (χ4n) is 1.72. The zero-order chi connectivity index (χ0) is 22.9. The van der Waals surface area contributed by atoms with Crippen LogP contribution < -0.4 is 0 Å². The summed E-state index contributed by atoms with van der Waals surface area (Å²) in [4.78, 5) is 34.4. The van der Waals surface area contributed by atoms with Crippen LogP contribution in [0.15, 0.2) is 0 Å². The van der Waals surface area contributed by atoms with Gasteiger partial charge in [0.25, 0.3) is 0 Å². The fourth-order valence-corrected chi connectivity index (χ4v) is 1.72. The first-order chi connectivity index (χ1) is 13.5. The third-order valence-corrected chi connectivity index (χ3v) is 3.13. The average molecular weight is 455 g/mol. The highest BCUT2D eigenvalue weighted by molar-refractivity contribution is 5.78. The average Bonchev–Trinajstić information content (AvgIpc) is 2.64. The highest BCUT2D eigenvalue weighted by atomic mass is 16.7. The van der Waals surface area contributed by atoms with Gasteiger partial charge in [-0.25, -0.2) is 9.59 Å². The summed E-state index contributed by atoms with van der Waals surface area (Å²) < 4.78 is 30.2. The lowest BCUT2D eigenvalue weighted by molar-refractivity contribution is -0.179. The largest absolute Gasteiger partial charge is 0.508 e. The van der Waals surface area contributed by atoms with E-state index in [0.29, 0.717) is 13.0 Å². The van der Waals surface area contributed by atoms with Gasteiger partial charge in [-0.3, -0.25) is 4.79 Å². The zero-order valence-electron chi connectivity index (χ0n) is 19.1. The first-order valence-electron chi connectivity index (χ1n) is 9.84. The van der Waals surface area contributed by atoms with Crippen molar-refractivity contribution in [3.8, 4) is 0 Å². The number of methoxy groups -OCH3 is 1. The molecule has 0 spiro atoms. The van der Waals surface area contributed by atoms with E-state index in [1.807, 2.05) is 6.92 Å².